The summed E-state index contributed by atoms with van der Waals surface area (Å²) >= 11 is 0. The van der Waals surface area contributed by atoms with E-state index in [4.69, 9.17) is 4.74 Å². The van der Waals surface area contributed by atoms with Crippen LogP contribution in [0.1, 0.15) is 33.6 Å². The van der Waals surface area contributed by atoms with E-state index in [9.17, 15) is 9.59 Å². The fourth-order valence-corrected chi connectivity index (χ4v) is 3.60. The third-order valence-corrected chi connectivity index (χ3v) is 5.12. The largest absolute Gasteiger partial charge is 0.457 e. The number of hydrogen-bond donors (Lipinski definition) is 0. The summed E-state index contributed by atoms with van der Waals surface area (Å²) in [5.74, 6) is 1.28. The highest BCUT2D eigenvalue weighted by molar-refractivity contribution is 5.99. The normalized spacial score (nSPS) is 16.3. The second-order valence-electron chi connectivity index (χ2n) is 7.13. The fraction of sp³-hybridized carbons (Fsp3) is 0.208. The van der Waals surface area contributed by atoms with Crippen LogP contribution in [0.5, 0.6) is 11.5 Å². The first-order valence-corrected chi connectivity index (χ1v) is 9.77. The summed E-state index contributed by atoms with van der Waals surface area (Å²) in [6, 6.07) is 20.1. The van der Waals surface area contributed by atoms with E-state index in [-0.39, 0.29) is 17.6 Å². The van der Waals surface area contributed by atoms with E-state index < -0.39 is 0 Å². The van der Waals surface area contributed by atoms with Crippen molar-refractivity contribution in [2.24, 2.45) is 5.92 Å². The van der Waals surface area contributed by atoms with Crippen LogP contribution in [0.25, 0.3) is 0 Å². The molecular formula is C24H22N2O3. The van der Waals surface area contributed by atoms with Gasteiger partial charge in [-0.15, -0.1) is 0 Å². The minimum absolute atomic E-state index is 0.0449. The molecule has 2 heterocycles. The quantitative estimate of drug-likeness (QED) is 0.601. The van der Waals surface area contributed by atoms with E-state index in [0.717, 1.165) is 18.6 Å². The molecule has 0 radical (unpaired) electrons. The Morgan fingerprint density at radius 3 is 2.28 bits per heavy atom. The highest BCUT2D eigenvalue weighted by Crippen LogP contribution is 2.25. The standard InChI is InChI=1S/C24H22N2O3/c27-23(18-8-10-22(11-9-18)29-21-6-2-1-3-7-21)20-5-4-16-26(17-20)24(28)19-12-14-25-15-13-19/h1-3,6-15,20H,4-5,16-17H2/t20-/m1/s1. The van der Waals surface area contributed by atoms with Gasteiger partial charge < -0.3 is 9.64 Å². The van der Waals surface area contributed by atoms with Crippen LogP contribution >= 0.6 is 0 Å². The Morgan fingerprint density at radius 2 is 1.55 bits per heavy atom. The summed E-state index contributed by atoms with van der Waals surface area (Å²) in [5, 5.41) is 0. The Balaban J connectivity index is 1.41. The van der Waals surface area contributed by atoms with Crippen LogP contribution in [0.2, 0.25) is 0 Å². The van der Waals surface area contributed by atoms with Gasteiger partial charge in [-0.1, -0.05) is 18.2 Å². The Bertz CT molecular complexity index is 972. The zero-order valence-corrected chi connectivity index (χ0v) is 16.0. The molecule has 1 amide bonds. The first-order chi connectivity index (χ1) is 14.2. The van der Waals surface area contributed by atoms with Crippen LogP contribution < -0.4 is 4.74 Å². The van der Waals surface area contributed by atoms with Gasteiger partial charge in [-0.2, -0.15) is 0 Å². The average Bonchev–Trinajstić information content (AvgIpc) is 2.80. The molecule has 2 aromatic carbocycles. The summed E-state index contributed by atoms with van der Waals surface area (Å²) in [5.41, 5.74) is 1.25. The number of amides is 1. The van der Waals surface area contributed by atoms with E-state index in [1.165, 1.54) is 0 Å². The van der Waals surface area contributed by atoms with Gasteiger partial charge in [-0.3, -0.25) is 14.6 Å². The number of hydrogen-bond acceptors (Lipinski definition) is 4. The first-order valence-electron chi connectivity index (χ1n) is 9.77. The van der Waals surface area contributed by atoms with Gasteiger partial charge in [0.25, 0.3) is 5.91 Å². The predicted octanol–water partition coefficient (Wildman–Crippen LogP) is 4.61. The lowest BCUT2D eigenvalue weighted by atomic mass is 9.89. The second kappa shape index (κ2) is 8.69. The molecule has 0 bridgehead atoms. The van der Waals surface area contributed by atoms with E-state index in [0.29, 0.717) is 30.0 Å². The third kappa shape index (κ3) is 4.51. The first kappa shape index (κ1) is 18.9. The van der Waals surface area contributed by atoms with E-state index in [2.05, 4.69) is 4.98 Å². The van der Waals surface area contributed by atoms with Crippen molar-refractivity contribution in [2.75, 3.05) is 13.1 Å². The van der Waals surface area contributed by atoms with Gasteiger partial charge in [0.05, 0.1) is 0 Å². The lowest BCUT2D eigenvalue weighted by Crippen LogP contribution is -2.42. The number of nitrogens with zero attached hydrogens (tertiary/aromatic N) is 2. The Kier molecular flexibility index (Phi) is 5.66. The molecule has 146 valence electrons. The van der Waals surface area contributed by atoms with Gasteiger partial charge in [0.1, 0.15) is 11.5 Å². The molecule has 0 spiro atoms. The second-order valence-corrected chi connectivity index (χ2v) is 7.13. The number of piperidine rings is 1. The topological polar surface area (TPSA) is 59.5 Å². The molecule has 5 nitrogen and oxygen atoms in total. The summed E-state index contributed by atoms with van der Waals surface area (Å²) in [6.45, 7) is 1.12. The number of para-hydroxylation sites is 1. The van der Waals surface area contributed by atoms with Crippen LogP contribution in [-0.4, -0.2) is 34.7 Å². The van der Waals surface area contributed by atoms with Crippen LogP contribution in [0, 0.1) is 5.92 Å². The minimum atomic E-state index is -0.185. The van der Waals surface area contributed by atoms with Gasteiger partial charge in [-0.05, 0) is 61.4 Å². The average molecular weight is 386 g/mol. The van der Waals surface area contributed by atoms with Crippen molar-refractivity contribution in [3.05, 3.63) is 90.3 Å². The summed E-state index contributed by atoms with van der Waals surface area (Å²) in [7, 11) is 0. The molecule has 1 aliphatic heterocycles. The number of benzene rings is 2. The molecule has 4 rings (SSSR count). The van der Waals surface area contributed by atoms with E-state index in [1.54, 1.807) is 41.6 Å². The maximum atomic E-state index is 13.0. The predicted molar refractivity (Wildman–Crippen MR) is 110 cm³/mol. The number of carbonyl (C=O) groups excluding carboxylic acids is 2. The number of carbonyl (C=O) groups is 2. The van der Waals surface area contributed by atoms with Gasteiger partial charge in [-0.25, -0.2) is 0 Å². The highest BCUT2D eigenvalue weighted by Gasteiger charge is 2.29. The lowest BCUT2D eigenvalue weighted by molar-refractivity contribution is 0.0637. The fourth-order valence-electron chi connectivity index (χ4n) is 3.60. The smallest absolute Gasteiger partial charge is 0.253 e. The molecule has 0 N–H and O–H groups in total. The van der Waals surface area contributed by atoms with Gasteiger partial charge in [0.2, 0.25) is 0 Å². The van der Waals surface area contributed by atoms with Crippen molar-refractivity contribution >= 4 is 11.7 Å². The van der Waals surface area contributed by atoms with Crippen molar-refractivity contribution in [3.8, 4) is 11.5 Å². The molecule has 0 saturated carbocycles. The molecule has 3 aromatic rings. The molecule has 1 atom stereocenters. The lowest BCUT2D eigenvalue weighted by Gasteiger charge is -2.32. The maximum Gasteiger partial charge on any atom is 0.253 e. The molecule has 29 heavy (non-hydrogen) atoms. The molecule has 1 fully saturated rings. The molecule has 1 saturated heterocycles. The molecular weight excluding hydrogens is 364 g/mol. The van der Waals surface area contributed by atoms with Gasteiger partial charge in [0, 0.05) is 42.5 Å². The number of Topliss-reactive ketones (excluding diaryl/α,β-unsaturated/α-hetero) is 1. The summed E-state index contributed by atoms with van der Waals surface area (Å²) < 4.78 is 5.79. The number of aromatic nitrogens is 1. The van der Waals surface area contributed by atoms with Crippen LogP contribution in [0.15, 0.2) is 79.1 Å². The third-order valence-electron chi connectivity index (χ3n) is 5.12. The highest BCUT2D eigenvalue weighted by atomic mass is 16.5. The molecule has 0 unspecified atom stereocenters. The number of ether oxygens (including phenoxy) is 1. The number of likely N-dealkylation sites (tertiary alicyclic amines) is 1. The van der Waals surface area contributed by atoms with Crippen molar-refractivity contribution in [2.45, 2.75) is 12.8 Å². The van der Waals surface area contributed by atoms with Crippen molar-refractivity contribution in [1.82, 2.24) is 9.88 Å². The van der Waals surface area contributed by atoms with Crippen molar-refractivity contribution in [3.63, 3.8) is 0 Å². The van der Waals surface area contributed by atoms with Crippen LogP contribution in [-0.2, 0) is 0 Å². The van der Waals surface area contributed by atoms with E-state index in [1.807, 2.05) is 42.5 Å². The van der Waals surface area contributed by atoms with Crippen molar-refractivity contribution in [1.29, 1.82) is 0 Å². The Labute approximate surface area is 170 Å². The van der Waals surface area contributed by atoms with Crippen molar-refractivity contribution < 1.29 is 14.3 Å². The summed E-state index contributed by atoms with van der Waals surface area (Å²) in [6.07, 6.45) is 4.83. The molecule has 1 aromatic heterocycles. The van der Waals surface area contributed by atoms with Gasteiger partial charge >= 0.3 is 0 Å². The van der Waals surface area contributed by atoms with Crippen LogP contribution in [0.4, 0.5) is 0 Å². The molecule has 0 aliphatic carbocycles. The minimum Gasteiger partial charge on any atom is -0.457 e. The summed E-state index contributed by atoms with van der Waals surface area (Å²) in [4.78, 5) is 31.4. The number of rotatable bonds is 5. The van der Waals surface area contributed by atoms with Crippen LogP contribution in [0.3, 0.4) is 0 Å². The SMILES string of the molecule is O=C(c1ccc(Oc2ccccc2)cc1)[C@@H]1CCCN(C(=O)c2ccncc2)C1. The molecule has 1 aliphatic rings. The number of pyridine rings is 1. The zero-order valence-electron chi connectivity index (χ0n) is 16.0. The van der Waals surface area contributed by atoms with E-state index >= 15 is 0 Å². The Morgan fingerprint density at radius 1 is 0.862 bits per heavy atom. The number of ketones is 1. The molecule has 5 heteroatoms. The maximum absolute atomic E-state index is 13.0. The monoisotopic (exact) mass is 386 g/mol. The van der Waals surface area contributed by atoms with Gasteiger partial charge in [0.15, 0.2) is 5.78 Å². The zero-order chi connectivity index (χ0) is 20.1. The Hall–Kier alpha value is -3.47.